The summed E-state index contributed by atoms with van der Waals surface area (Å²) in [6.45, 7) is 9.10. The van der Waals surface area contributed by atoms with Crippen LogP contribution >= 0.6 is 11.6 Å². The van der Waals surface area contributed by atoms with Gasteiger partial charge < -0.3 is 15.4 Å². The van der Waals surface area contributed by atoms with E-state index in [2.05, 4.69) is 10.6 Å². The first kappa shape index (κ1) is 22.7. The van der Waals surface area contributed by atoms with Gasteiger partial charge in [0, 0.05) is 17.6 Å². The van der Waals surface area contributed by atoms with Crippen molar-refractivity contribution < 1.29 is 19.2 Å². The van der Waals surface area contributed by atoms with E-state index in [1.807, 2.05) is 13.8 Å². The van der Waals surface area contributed by atoms with Crippen LogP contribution in [0, 0.1) is 10.1 Å². The van der Waals surface area contributed by atoms with Crippen molar-refractivity contribution in [3.8, 4) is 0 Å². The predicted molar refractivity (Wildman–Crippen MR) is 103 cm³/mol. The van der Waals surface area contributed by atoms with E-state index >= 15 is 0 Å². The second-order valence-electron chi connectivity index (χ2n) is 7.22. The Balaban J connectivity index is 2.98. The molecule has 0 fully saturated rings. The molecule has 150 valence electrons. The molecular formula is C18H26ClN3O5. The van der Waals surface area contributed by atoms with E-state index in [1.165, 1.54) is 12.1 Å². The first-order valence-electron chi connectivity index (χ1n) is 8.66. The van der Waals surface area contributed by atoms with Crippen LogP contribution in [-0.2, 0) is 4.74 Å². The van der Waals surface area contributed by atoms with Gasteiger partial charge in [0.1, 0.15) is 11.2 Å². The van der Waals surface area contributed by atoms with Gasteiger partial charge in [-0.1, -0.05) is 25.4 Å². The van der Waals surface area contributed by atoms with E-state index in [1.54, 1.807) is 20.8 Å². The van der Waals surface area contributed by atoms with Crippen LogP contribution in [-0.4, -0.2) is 34.6 Å². The average molecular weight is 400 g/mol. The number of alkyl carbamates (subject to hydrolysis) is 1. The minimum Gasteiger partial charge on any atom is -0.444 e. The van der Waals surface area contributed by atoms with Gasteiger partial charge in [-0.2, -0.15) is 0 Å². The summed E-state index contributed by atoms with van der Waals surface area (Å²) in [5.41, 5.74) is -1.88. The van der Waals surface area contributed by atoms with Crippen LogP contribution in [0.5, 0.6) is 0 Å². The lowest BCUT2D eigenvalue weighted by molar-refractivity contribution is -0.385. The summed E-state index contributed by atoms with van der Waals surface area (Å²) < 4.78 is 5.21. The summed E-state index contributed by atoms with van der Waals surface area (Å²) in [4.78, 5) is 35.2. The van der Waals surface area contributed by atoms with Crippen molar-refractivity contribution in [3.63, 3.8) is 0 Å². The number of hydrogen-bond acceptors (Lipinski definition) is 5. The number of nitro groups is 1. The van der Waals surface area contributed by atoms with Gasteiger partial charge in [-0.05, 0) is 45.7 Å². The summed E-state index contributed by atoms with van der Waals surface area (Å²) >= 11 is 5.79. The quantitative estimate of drug-likeness (QED) is 0.530. The third kappa shape index (κ3) is 6.71. The first-order chi connectivity index (χ1) is 12.4. The van der Waals surface area contributed by atoms with Gasteiger partial charge in [-0.3, -0.25) is 14.9 Å². The molecular weight excluding hydrogens is 374 g/mol. The van der Waals surface area contributed by atoms with Crippen LogP contribution in [0.1, 0.15) is 57.8 Å². The Morgan fingerprint density at radius 1 is 1.22 bits per heavy atom. The summed E-state index contributed by atoms with van der Waals surface area (Å²) in [7, 11) is 0. The maximum Gasteiger partial charge on any atom is 0.407 e. The Morgan fingerprint density at radius 2 is 1.81 bits per heavy atom. The molecule has 0 aliphatic carbocycles. The first-order valence-corrected chi connectivity index (χ1v) is 9.04. The normalized spacial score (nSPS) is 11.6. The number of halogens is 1. The molecule has 0 bridgehead atoms. The fraction of sp³-hybridized carbons (Fsp3) is 0.556. The van der Waals surface area contributed by atoms with Crippen LogP contribution in [0.2, 0.25) is 5.02 Å². The maximum atomic E-state index is 12.7. The minimum atomic E-state index is -0.776. The molecule has 8 nitrogen and oxygen atoms in total. The number of rotatable bonds is 7. The minimum absolute atomic E-state index is 0.0899. The number of carbonyl (C=O) groups excluding carboxylic acids is 2. The predicted octanol–water partition coefficient (Wildman–Crippen LogP) is 4.06. The number of amides is 2. The molecule has 0 aromatic heterocycles. The molecule has 2 amide bonds. The van der Waals surface area contributed by atoms with Crippen molar-refractivity contribution in [2.24, 2.45) is 0 Å². The van der Waals surface area contributed by atoms with Gasteiger partial charge in [-0.25, -0.2) is 4.79 Å². The van der Waals surface area contributed by atoms with Gasteiger partial charge >= 0.3 is 6.09 Å². The molecule has 0 radical (unpaired) electrons. The molecule has 0 saturated carbocycles. The average Bonchev–Trinajstić information content (AvgIpc) is 2.56. The lowest BCUT2D eigenvalue weighted by atomic mass is 9.92. The summed E-state index contributed by atoms with van der Waals surface area (Å²) in [5, 5.41) is 16.9. The number of hydrogen-bond donors (Lipinski definition) is 2. The number of nitrogens with zero attached hydrogens (tertiary/aromatic N) is 1. The lowest BCUT2D eigenvalue weighted by Crippen LogP contribution is -2.55. The molecule has 2 N–H and O–H groups in total. The molecule has 0 aliphatic heterocycles. The zero-order valence-electron chi connectivity index (χ0n) is 16.2. The van der Waals surface area contributed by atoms with Crippen molar-refractivity contribution in [2.45, 2.75) is 58.6 Å². The molecule has 9 heteroatoms. The Kier molecular flexibility index (Phi) is 7.59. The third-order valence-corrected chi connectivity index (χ3v) is 4.34. The summed E-state index contributed by atoms with van der Waals surface area (Å²) in [6, 6.07) is 3.87. The topological polar surface area (TPSA) is 111 Å². The maximum absolute atomic E-state index is 12.7. The van der Waals surface area contributed by atoms with Crippen molar-refractivity contribution >= 4 is 29.3 Å². The molecule has 1 aromatic rings. The highest BCUT2D eigenvalue weighted by molar-refractivity contribution is 6.31. The van der Waals surface area contributed by atoms with Crippen LogP contribution in [0.3, 0.4) is 0 Å². The molecule has 1 rings (SSSR count). The molecule has 0 unspecified atom stereocenters. The number of carbonyl (C=O) groups is 2. The number of nitrogens with one attached hydrogen (secondary N) is 2. The monoisotopic (exact) mass is 399 g/mol. The largest absolute Gasteiger partial charge is 0.444 e. The highest BCUT2D eigenvalue weighted by Crippen LogP contribution is 2.24. The molecule has 0 atom stereocenters. The van der Waals surface area contributed by atoms with E-state index in [0.717, 1.165) is 6.07 Å². The number of ether oxygens (including phenoxy) is 1. The lowest BCUT2D eigenvalue weighted by Gasteiger charge is -2.33. The van der Waals surface area contributed by atoms with Gasteiger partial charge in [0.15, 0.2) is 0 Å². The molecule has 0 saturated heterocycles. The van der Waals surface area contributed by atoms with Gasteiger partial charge in [0.25, 0.3) is 11.6 Å². The number of nitro benzene ring substituents is 1. The van der Waals surface area contributed by atoms with Gasteiger partial charge in [0.05, 0.1) is 10.5 Å². The summed E-state index contributed by atoms with van der Waals surface area (Å²) in [5.74, 6) is -0.604. The molecule has 1 aromatic carbocycles. The van der Waals surface area contributed by atoms with Crippen LogP contribution in [0.4, 0.5) is 10.5 Å². The molecule has 0 aliphatic rings. The number of benzene rings is 1. The molecule has 27 heavy (non-hydrogen) atoms. The van der Waals surface area contributed by atoms with Crippen molar-refractivity contribution in [2.75, 3.05) is 6.54 Å². The SMILES string of the molecule is CCC(CC)(CNC(=O)OC(C)(C)C)NC(=O)c1ccc(Cl)cc1[N+](=O)[O-]. The van der Waals surface area contributed by atoms with Crippen LogP contribution < -0.4 is 10.6 Å². The Labute approximate surface area is 163 Å². The fourth-order valence-electron chi connectivity index (χ4n) is 2.43. The van der Waals surface area contributed by atoms with E-state index in [9.17, 15) is 19.7 Å². The highest BCUT2D eigenvalue weighted by Gasteiger charge is 2.32. The van der Waals surface area contributed by atoms with E-state index in [4.69, 9.17) is 16.3 Å². The second kappa shape index (κ2) is 9.03. The van der Waals surface area contributed by atoms with E-state index in [0.29, 0.717) is 12.8 Å². The van der Waals surface area contributed by atoms with Crippen LogP contribution in [0.15, 0.2) is 18.2 Å². The van der Waals surface area contributed by atoms with Crippen molar-refractivity contribution in [1.29, 1.82) is 0 Å². The van der Waals surface area contributed by atoms with Gasteiger partial charge in [0.2, 0.25) is 0 Å². The van der Waals surface area contributed by atoms with Gasteiger partial charge in [-0.15, -0.1) is 0 Å². The smallest absolute Gasteiger partial charge is 0.407 e. The second-order valence-corrected chi connectivity index (χ2v) is 7.65. The van der Waals surface area contributed by atoms with Crippen molar-refractivity contribution in [3.05, 3.63) is 38.9 Å². The van der Waals surface area contributed by atoms with Crippen LogP contribution in [0.25, 0.3) is 0 Å². The Morgan fingerprint density at radius 3 is 2.30 bits per heavy atom. The molecule has 0 spiro atoms. The summed E-state index contributed by atoms with van der Waals surface area (Å²) in [6.07, 6.45) is 0.416. The fourth-order valence-corrected chi connectivity index (χ4v) is 2.60. The van der Waals surface area contributed by atoms with E-state index in [-0.39, 0.29) is 22.8 Å². The third-order valence-electron chi connectivity index (χ3n) is 4.10. The Bertz CT molecular complexity index is 711. The zero-order valence-corrected chi connectivity index (χ0v) is 17.0. The molecule has 0 heterocycles. The highest BCUT2D eigenvalue weighted by atomic mass is 35.5. The standard InChI is InChI=1S/C18H26ClN3O5/c1-6-18(7-2,11-20-16(24)27-17(3,4)5)21-15(23)13-9-8-12(19)10-14(13)22(25)26/h8-10H,6-7,11H2,1-5H3,(H,20,24)(H,21,23). The van der Waals surface area contributed by atoms with Crippen molar-refractivity contribution in [1.82, 2.24) is 10.6 Å². The van der Waals surface area contributed by atoms with E-state index < -0.39 is 28.1 Å². The zero-order chi connectivity index (χ0) is 20.8. The Hall–Kier alpha value is -2.35.